The second-order valence-corrected chi connectivity index (χ2v) is 7.59. The first-order valence-electron chi connectivity index (χ1n) is 8.10. The van der Waals surface area contributed by atoms with Crippen molar-refractivity contribution in [3.63, 3.8) is 0 Å². The van der Waals surface area contributed by atoms with Crippen molar-refractivity contribution in [3.8, 4) is 5.88 Å². The molecule has 3 aromatic heterocycles. The quantitative estimate of drug-likeness (QED) is 0.713. The van der Waals surface area contributed by atoms with Crippen LogP contribution in [0.3, 0.4) is 0 Å². The molecule has 0 saturated carbocycles. The topological polar surface area (TPSA) is 63.5 Å². The lowest BCUT2D eigenvalue weighted by Gasteiger charge is -2.14. The monoisotopic (exact) mass is 387 g/mol. The molecule has 0 spiro atoms. The predicted octanol–water partition coefficient (Wildman–Crippen LogP) is 3.58. The first-order chi connectivity index (χ1) is 12.5. The Morgan fingerprint density at radius 2 is 2.15 bits per heavy atom. The van der Waals surface area contributed by atoms with Crippen molar-refractivity contribution in [1.29, 1.82) is 0 Å². The number of halogens is 1. The highest BCUT2D eigenvalue weighted by Gasteiger charge is 2.22. The third-order valence-electron chi connectivity index (χ3n) is 4.08. The fraction of sp³-hybridized carbons (Fsp3) is 0.222. The van der Waals surface area contributed by atoms with Crippen molar-refractivity contribution in [1.82, 2.24) is 25.0 Å². The number of nitrogens with one attached hydrogen (secondary N) is 2. The lowest BCUT2D eigenvalue weighted by molar-refractivity contribution is 0.397. The SMILES string of the molecule is COc1ccc(SC2NC=C(c3c(C)nc4c(Cl)cc(C)cn34)N2)cn1. The van der Waals surface area contributed by atoms with Crippen molar-refractivity contribution in [2.75, 3.05) is 7.11 Å². The minimum absolute atomic E-state index is 0.00502. The lowest BCUT2D eigenvalue weighted by atomic mass is 10.2. The van der Waals surface area contributed by atoms with Crippen LogP contribution >= 0.6 is 23.4 Å². The lowest BCUT2D eigenvalue weighted by Crippen LogP contribution is -2.28. The number of hydrogen-bond donors (Lipinski definition) is 2. The molecule has 3 aromatic rings. The number of thioether (sulfide) groups is 1. The normalized spacial score (nSPS) is 16.3. The molecule has 4 rings (SSSR count). The van der Waals surface area contributed by atoms with Crippen LogP contribution in [0.25, 0.3) is 11.3 Å². The van der Waals surface area contributed by atoms with Crippen LogP contribution in [0.2, 0.25) is 5.02 Å². The van der Waals surface area contributed by atoms with Gasteiger partial charge in [-0.3, -0.25) is 4.40 Å². The zero-order valence-electron chi connectivity index (χ0n) is 14.6. The average molecular weight is 388 g/mol. The molecule has 134 valence electrons. The fourth-order valence-electron chi connectivity index (χ4n) is 2.95. The highest BCUT2D eigenvalue weighted by atomic mass is 35.5. The van der Waals surface area contributed by atoms with E-state index in [1.807, 2.05) is 48.8 Å². The second kappa shape index (κ2) is 6.74. The molecular weight excluding hydrogens is 370 g/mol. The van der Waals surface area contributed by atoms with Gasteiger partial charge in [0.1, 0.15) is 5.50 Å². The van der Waals surface area contributed by atoms with E-state index in [1.54, 1.807) is 25.1 Å². The van der Waals surface area contributed by atoms with Gasteiger partial charge in [0.2, 0.25) is 5.88 Å². The van der Waals surface area contributed by atoms with Crippen molar-refractivity contribution in [2.45, 2.75) is 24.2 Å². The molecule has 1 unspecified atom stereocenters. The van der Waals surface area contributed by atoms with Crippen molar-refractivity contribution in [2.24, 2.45) is 0 Å². The van der Waals surface area contributed by atoms with Gasteiger partial charge in [-0.05, 0) is 31.5 Å². The van der Waals surface area contributed by atoms with Crippen LogP contribution in [0.4, 0.5) is 0 Å². The van der Waals surface area contributed by atoms with E-state index in [4.69, 9.17) is 16.3 Å². The van der Waals surface area contributed by atoms with Gasteiger partial charge in [0.05, 0.1) is 29.2 Å². The Balaban J connectivity index is 1.57. The Kier molecular flexibility index (Phi) is 4.42. The van der Waals surface area contributed by atoms with Crippen LogP contribution in [0.15, 0.2) is 41.7 Å². The number of ether oxygens (including phenoxy) is 1. The van der Waals surface area contributed by atoms with Crippen molar-refractivity contribution < 1.29 is 4.74 Å². The molecule has 0 aromatic carbocycles. The summed E-state index contributed by atoms with van der Waals surface area (Å²) in [5.74, 6) is 0.606. The number of pyridine rings is 2. The molecule has 0 bridgehead atoms. The van der Waals surface area contributed by atoms with E-state index >= 15 is 0 Å². The summed E-state index contributed by atoms with van der Waals surface area (Å²) < 4.78 is 7.13. The Morgan fingerprint density at radius 1 is 1.31 bits per heavy atom. The maximum atomic E-state index is 6.35. The number of methoxy groups -OCH3 is 1. The molecule has 0 amide bonds. The van der Waals surface area contributed by atoms with E-state index in [0.29, 0.717) is 10.9 Å². The molecule has 0 aliphatic carbocycles. The van der Waals surface area contributed by atoms with E-state index in [0.717, 1.165) is 33.2 Å². The van der Waals surface area contributed by atoms with Crippen LogP contribution < -0.4 is 15.4 Å². The molecule has 4 heterocycles. The van der Waals surface area contributed by atoms with Gasteiger partial charge in [0.15, 0.2) is 5.65 Å². The van der Waals surface area contributed by atoms with Gasteiger partial charge in [-0.25, -0.2) is 9.97 Å². The minimum Gasteiger partial charge on any atom is -0.481 e. The maximum Gasteiger partial charge on any atom is 0.212 e. The zero-order chi connectivity index (χ0) is 18.3. The molecule has 2 N–H and O–H groups in total. The largest absolute Gasteiger partial charge is 0.481 e. The van der Waals surface area contributed by atoms with Gasteiger partial charge >= 0.3 is 0 Å². The Labute approximate surface area is 160 Å². The molecular formula is C18H18ClN5OS. The third kappa shape index (κ3) is 3.08. The summed E-state index contributed by atoms with van der Waals surface area (Å²) in [5, 5.41) is 7.50. The van der Waals surface area contributed by atoms with Gasteiger partial charge in [-0.1, -0.05) is 23.4 Å². The standard InChI is InChI=1S/C18H18ClN5OS/c1-10-6-13(19)17-22-11(2)16(24(17)9-10)14-8-21-18(23-14)26-12-4-5-15(25-3)20-7-12/h4-9,18,21,23H,1-3H3. The summed E-state index contributed by atoms with van der Waals surface area (Å²) in [4.78, 5) is 9.90. The van der Waals surface area contributed by atoms with Crippen molar-refractivity contribution in [3.05, 3.63) is 58.8 Å². The summed E-state index contributed by atoms with van der Waals surface area (Å²) in [7, 11) is 1.61. The number of fused-ring (bicyclic) bond motifs is 1. The molecule has 1 aliphatic heterocycles. The number of imidazole rings is 1. The number of aryl methyl sites for hydroxylation is 2. The van der Waals surface area contributed by atoms with Crippen LogP contribution in [-0.4, -0.2) is 27.0 Å². The maximum absolute atomic E-state index is 6.35. The average Bonchev–Trinajstić information content (AvgIpc) is 3.19. The van der Waals surface area contributed by atoms with E-state index in [9.17, 15) is 0 Å². The minimum atomic E-state index is 0.00502. The van der Waals surface area contributed by atoms with Gasteiger partial charge in [-0.2, -0.15) is 0 Å². The predicted molar refractivity (Wildman–Crippen MR) is 104 cm³/mol. The molecule has 0 saturated heterocycles. The third-order valence-corrected chi connectivity index (χ3v) is 5.36. The van der Waals surface area contributed by atoms with Gasteiger partial charge in [0.25, 0.3) is 0 Å². The number of rotatable bonds is 4. The summed E-state index contributed by atoms with van der Waals surface area (Å²) in [6.07, 6.45) is 5.82. The second-order valence-electron chi connectivity index (χ2n) is 6.01. The number of aromatic nitrogens is 3. The van der Waals surface area contributed by atoms with Gasteiger partial charge in [-0.15, -0.1) is 0 Å². The van der Waals surface area contributed by atoms with Crippen LogP contribution in [0.5, 0.6) is 5.88 Å². The molecule has 1 aliphatic rings. The molecule has 8 heteroatoms. The number of hydrogen-bond acceptors (Lipinski definition) is 6. The summed E-state index contributed by atoms with van der Waals surface area (Å²) in [6.45, 7) is 4.01. The first kappa shape index (κ1) is 17.1. The molecule has 0 fully saturated rings. The Bertz CT molecular complexity index is 999. The van der Waals surface area contributed by atoms with Gasteiger partial charge in [0, 0.05) is 29.6 Å². The Hall–Kier alpha value is -2.38. The summed E-state index contributed by atoms with van der Waals surface area (Å²) >= 11 is 8.00. The molecule has 26 heavy (non-hydrogen) atoms. The van der Waals surface area contributed by atoms with Crippen molar-refractivity contribution >= 4 is 34.7 Å². The Morgan fingerprint density at radius 3 is 2.88 bits per heavy atom. The number of nitrogens with zero attached hydrogens (tertiary/aromatic N) is 3. The van der Waals surface area contributed by atoms with E-state index < -0.39 is 0 Å². The van der Waals surface area contributed by atoms with Crippen LogP contribution in [0.1, 0.15) is 17.0 Å². The van der Waals surface area contributed by atoms with E-state index in [2.05, 4.69) is 20.6 Å². The fourth-order valence-corrected chi connectivity index (χ4v) is 4.11. The van der Waals surface area contributed by atoms with E-state index in [1.165, 1.54) is 0 Å². The summed E-state index contributed by atoms with van der Waals surface area (Å²) in [6, 6.07) is 5.77. The zero-order valence-corrected chi connectivity index (χ0v) is 16.1. The highest BCUT2D eigenvalue weighted by molar-refractivity contribution is 7.99. The first-order valence-corrected chi connectivity index (χ1v) is 9.35. The van der Waals surface area contributed by atoms with Crippen LogP contribution in [0, 0.1) is 13.8 Å². The van der Waals surface area contributed by atoms with E-state index in [-0.39, 0.29) is 5.50 Å². The smallest absolute Gasteiger partial charge is 0.212 e. The molecule has 1 atom stereocenters. The summed E-state index contributed by atoms with van der Waals surface area (Å²) in [5.41, 5.74) is 4.77. The molecule has 6 nitrogen and oxygen atoms in total. The van der Waals surface area contributed by atoms with Crippen LogP contribution in [-0.2, 0) is 0 Å². The van der Waals surface area contributed by atoms with Gasteiger partial charge < -0.3 is 15.4 Å². The molecule has 0 radical (unpaired) electrons. The highest BCUT2D eigenvalue weighted by Crippen LogP contribution is 2.29.